The molecule has 3 rings (SSSR count). The number of pyridine rings is 1. The Hall–Kier alpha value is -3.21. The third-order valence-electron chi connectivity index (χ3n) is 3.48. The van der Waals surface area contributed by atoms with E-state index in [9.17, 15) is 4.79 Å². The number of hydrogen-bond acceptors (Lipinski definition) is 4. The quantitative estimate of drug-likeness (QED) is 0.580. The van der Waals surface area contributed by atoms with Gasteiger partial charge in [-0.1, -0.05) is 36.4 Å². The molecule has 0 saturated heterocycles. The van der Waals surface area contributed by atoms with Gasteiger partial charge in [0.25, 0.3) is 5.91 Å². The van der Waals surface area contributed by atoms with E-state index in [1.54, 1.807) is 25.4 Å². The minimum atomic E-state index is -0.655. The molecular formula is C19H17N3O2. The van der Waals surface area contributed by atoms with Crippen molar-refractivity contribution in [3.8, 4) is 5.75 Å². The highest BCUT2D eigenvalue weighted by Gasteiger charge is 2.14. The predicted octanol–water partition coefficient (Wildman–Crippen LogP) is 3.15. The van der Waals surface area contributed by atoms with Crippen LogP contribution in [0.2, 0.25) is 0 Å². The highest BCUT2D eigenvalue weighted by Crippen LogP contribution is 2.21. The number of amides is 1. The number of nitrogens with one attached hydrogen (secondary N) is 1. The first kappa shape index (κ1) is 15.7. The van der Waals surface area contributed by atoms with Crippen molar-refractivity contribution in [3.05, 3.63) is 72.6 Å². The summed E-state index contributed by atoms with van der Waals surface area (Å²) in [6.45, 7) is 1.68. The number of hydrazone groups is 1. The SMILES string of the molecule is C[C@@H](Oc1ccc2ccccc2c1)C(=O)NN=Cc1cccnc1. The fourth-order valence-electron chi connectivity index (χ4n) is 2.21. The highest BCUT2D eigenvalue weighted by atomic mass is 16.5. The molecule has 0 saturated carbocycles. The number of carbonyl (C=O) groups is 1. The number of aromatic nitrogens is 1. The van der Waals surface area contributed by atoms with Crippen molar-refractivity contribution < 1.29 is 9.53 Å². The number of hydrogen-bond donors (Lipinski definition) is 1. The minimum Gasteiger partial charge on any atom is -0.481 e. The maximum absolute atomic E-state index is 12.0. The van der Waals surface area contributed by atoms with Crippen molar-refractivity contribution in [1.29, 1.82) is 0 Å². The van der Waals surface area contributed by atoms with Crippen LogP contribution in [0.3, 0.4) is 0 Å². The number of ether oxygens (including phenoxy) is 1. The minimum absolute atomic E-state index is 0.316. The molecule has 1 aromatic heterocycles. The third kappa shape index (κ3) is 3.95. The summed E-state index contributed by atoms with van der Waals surface area (Å²) >= 11 is 0. The van der Waals surface area contributed by atoms with E-state index in [-0.39, 0.29) is 5.91 Å². The standard InChI is InChI=1S/C19H17N3O2/c1-14(19(23)22-21-13-15-5-4-10-20-12-15)24-18-9-8-16-6-2-3-7-17(16)11-18/h2-14H,1H3,(H,22,23)/t14-/m1/s1. The van der Waals surface area contributed by atoms with Crippen LogP contribution in [0.5, 0.6) is 5.75 Å². The number of nitrogens with zero attached hydrogens (tertiary/aromatic N) is 2. The molecule has 0 radical (unpaired) electrons. The van der Waals surface area contributed by atoms with Crippen LogP contribution in [0.25, 0.3) is 10.8 Å². The molecule has 1 heterocycles. The third-order valence-corrected chi connectivity index (χ3v) is 3.48. The molecular weight excluding hydrogens is 302 g/mol. The van der Waals surface area contributed by atoms with Crippen LogP contribution in [0.15, 0.2) is 72.1 Å². The molecule has 1 atom stereocenters. The second-order valence-corrected chi connectivity index (χ2v) is 5.29. The summed E-state index contributed by atoms with van der Waals surface area (Å²) in [4.78, 5) is 16.0. The summed E-state index contributed by atoms with van der Waals surface area (Å²) in [5.74, 6) is 0.330. The van der Waals surface area contributed by atoms with E-state index >= 15 is 0 Å². The Labute approximate surface area is 140 Å². The zero-order chi connectivity index (χ0) is 16.8. The van der Waals surface area contributed by atoms with Gasteiger partial charge >= 0.3 is 0 Å². The van der Waals surface area contributed by atoms with Gasteiger partial charge in [0.05, 0.1) is 6.21 Å². The van der Waals surface area contributed by atoms with E-state index < -0.39 is 6.10 Å². The van der Waals surface area contributed by atoms with Gasteiger partial charge in [0, 0.05) is 18.0 Å². The summed E-state index contributed by atoms with van der Waals surface area (Å²) in [6, 6.07) is 17.4. The molecule has 0 aliphatic rings. The van der Waals surface area contributed by atoms with Gasteiger partial charge in [0.2, 0.25) is 0 Å². The molecule has 1 N–H and O–H groups in total. The molecule has 0 bridgehead atoms. The zero-order valence-corrected chi connectivity index (χ0v) is 13.2. The van der Waals surface area contributed by atoms with Crippen molar-refractivity contribution >= 4 is 22.9 Å². The van der Waals surface area contributed by atoms with Crippen molar-refractivity contribution in [2.24, 2.45) is 5.10 Å². The molecule has 2 aromatic carbocycles. The van der Waals surface area contributed by atoms with E-state index in [0.717, 1.165) is 16.3 Å². The van der Waals surface area contributed by atoms with Crippen molar-refractivity contribution in [1.82, 2.24) is 10.4 Å². The van der Waals surface area contributed by atoms with Crippen molar-refractivity contribution in [2.75, 3.05) is 0 Å². The lowest BCUT2D eigenvalue weighted by Gasteiger charge is -2.13. The zero-order valence-electron chi connectivity index (χ0n) is 13.2. The topological polar surface area (TPSA) is 63.6 Å². The molecule has 0 spiro atoms. The second-order valence-electron chi connectivity index (χ2n) is 5.29. The molecule has 0 aliphatic heterocycles. The first-order valence-electron chi connectivity index (χ1n) is 7.61. The van der Waals surface area contributed by atoms with Gasteiger partial charge in [-0.05, 0) is 35.9 Å². The van der Waals surface area contributed by atoms with E-state index in [1.807, 2.05) is 48.5 Å². The fraction of sp³-hybridized carbons (Fsp3) is 0.105. The molecule has 24 heavy (non-hydrogen) atoms. The van der Waals surface area contributed by atoms with Crippen LogP contribution in [-0.4, -0.2) is 23.2 Å². The Kier molecular flexibility index (Phi) is 4.81. The van der Waals surface area contributed by atoms with Gasteiger partial charge in [-0.15, -0.1) is 0 Å². The number of rotatable bonds is 5. The summed E-state index contributed by atoms with van der Waals surface area (Å²) in [6.07, 6.45) is 4.21. The fourth-order valence-corrected chi connectivity index (χ4v) is 2.21. The molecule has 5 heteroatoms. The average molecular weight is 319 g/mol. The monoisotopic (exact) mass is 319 g/mol. The number of fused-ring (bicyclic) bond motifs is 1. The van der Waals surface area contributed by atoms with Gasteiger partial charge in [-0.25, -0.2) is 5.43 Å². The maximum atomic E-state index is 12.0. The van der Waals surface area contributed by atoms with Gasteiger partial charge in [0.1, 0.15) is 5.75 Å². The smallest absolute Gasteiger partial charge is 0.280 e. The van der Waals surface area contributed by atoms with E-state index in [1.165, 1.54) is 6.21 Å². The number of carbonyl (C=O) groups excluding carboxylic acids is 1. The Bertz CT molecular complexity index is 863. The Balaban J connectivity index is 1.59. The van der Waals surface area contributed by atoms with Gasteiger partial charge in [-0.3, -0.25) is 9.78 Å². The van der Waals surface area contributed by atoms with E-state index in [0.29, 0.717) is 5.75 Å². The van der Waals surface area contributed by atoms with E-state index in [2.05, 4.69) is 15.5 Å². The molecule has 1 amide bonds. The lowest BCUT2D eigenvalue weighted by molar-refractivity contribution is -0.127. The number of benzene rings is 2. The molecule has 0 fully saturated rings. The van der Waals surface area contributed by atoms with Gasteiger partial charge in [0.15, 0.2) is 6.10 Å². The van der Waals surface area contributed by atoms with Crippen LogP contribution in [0, 0.1) is 0 Å². The molecule has 5 nitrogen and oxygen atoms in total. The van der Waals surface area contributed by atoms with Gasteiger partial charge < -0.3 is 4.74 Å². The first-order valence-corrected chi connectivity index (χ1v) is 7.61. The average Bonchev–Trinajstić information content (AvgIpc) is 2.62. The summed E-state index contributed by atoms with van der Waals surface area (Å²) in [5.41, 5.74) is 3.27. The van der Waals surface area contributed by atoms with E-state index in [4.69, 9.17) is 4.74 Å². The second kappa shape index (κ2) is 7.37. The largest absolute Gasteiger partial charge is 0.481 e. The maximum Gasteiger partial charge on any atom is 0.280 e. The van der Waals surface area contributed by atoms with Crippen molar-refractivity contribution in [3.63, 3.8) is 0 Å². The normalized spacial score (nSPS) is 12.2. The highest BCUT2D eigenvalue weighted by molar-refractivity contribution is 5.85. The Morgan fingerprint density at radius 3 is 2.79 bits per heavy atom. The van der Waals surface area contributed by atoms with Crippen LogP contribution >= 0.6 is 0 Å². The lowest BCUT2D eigenvalue weighted by Crippen LogP contribution is -2.33. The van der Waals surface area contributed by atoms with Crippen molar-refractivity contribution in [2.45, 2.75) is 13.0 Å². The molecule has 0 aliphatic carbocycles. The summed E-state index contributed by atoms with van der Waals surface area (Å²) < 4.78 is 5.69. The predicted molar refractivity (Wildman–Crippen MR) is 94.0 cm³/mol. The van der Waals surface area contributed by atoms with Crippen LogP contribution in [0.1, 0.15) is 12.5 Å². The van der Waals surface area contributed by atoms with Gasteiger partial charge in [-0.2, -0.15) is 5.10 Å². The molecule has 120 valence electrons. The van der Waals surface area contributed by atoms with Crippen LogP contribution < -0.4 is 10.2 Å². The first-order chi connectivity index (χ1) is 11.7. The van der Waals surface area contributed by atoms with Crippen LogP contribution in [0.4, 0.5) is 0 Å². The summed E-state index contributed by atoms with van der Waals surface area (Å²) in [5, 5.41) is 6.10. The Morgan fingerprint density at radius 1 is 1.17 bits per heavy atom. The Morgan fingerprint density at radius 2 is 2.00 bits per heavy atom. The van der Waals surface area contributed by atoms with Crippen LogP contribution in [-0.2, 0) is 4.79 Å². The molecule has 3 aromatic rings. The summed E-state index contributed by atoms with van der Waals surface area (Å²) in [7, 11) is 0. The molecule has 0 unspecified atom stereocenters. The lowest BCUT2D eigenvalue weighted by atomic mass is 10.1.